The number of ether oxygens (including phenoxy) is 1. The average molecular weight is 500 g/mol. The fourth-order valence-electron chi connectivity index (χ4n) is 2.64. The molecule has 186 valence electrons. The third-order valence-electron chi connectivity index (χ3n) is 4.12. The van der Waals surface area contributed by atoms with Gasteiger partial charge in [0.25, 0.3) is 0 Å². The number of carbonyl (C=O) groups excluding carboxylic acids is 1. The van der Waals surface area contributed by atoms with E-state index in [1.807, 2.05) is 0 Å². The van der Waals surface area contributed by atoms with Crippen molar-refractivity contribution >= 4 is 29.2 Å². The molecule has 0 saturated carbocycles. The Labute approximate surface area is 194 Å². The smallest absolute Gasteiger partial charge is 0.422 e. The summed E-state index contributed by atoms with van der Waals surface area (Å²) in [6.07, 6.45) is -9.33. The lowest BCUT2D eigenvalue weighted by molar-refractivity contribution is -0.154. The summed E-state index contributed by atoms with van der Waals surface area (Å²) in [6, 6.07) is 12.0. The van der Waals surface area contributed by atoms with E-state index in [0.29, 0.717) is 5.69 Å². The van der Waals surface area contributed by atoms with Crippen molar-refractivity contribution in [1.29, 1.82) is 0 Å². The van der Waals surface area contributed by atoms with Crippen LogP contribution in [0.5, 0.6) is 6.01 Å². The summed E-state index contributed by atoms with van der Waals surface area (Å²) in [5.41, 5.74) is -0.443. The molecule has 2 aromatic carbocycles. The van der Waals surface area contributed by atoms with E-state index in [4.69, 9.17) is 0 Å². The molecule has 1 aromatic heterocycles. The Bertz CT molecular complexity index is 1140. The normalized spacial score (nSPS) is 11.6. The molecule has 3 N–H and O–H groups in total. The highest BCUT2D eigenvalue weighted by atomic mass is 19.4. The topological polar surface area (TPSA) is 101 Å². The van der Waals surface area contributed by atoms with Crippen molar-refractivity contribution < 1.29 is 35.9 Å². The van der Waals surface area contributed by atoms with E-state index in [2.05, 4.69) is 35.6 Å². The SMILES string of the molecule is O=C(CCNc1nc(Nc2cccc(C(F)(F)F)c2)nc(OCC(F)(F)F)n1)Nc1ccccc1. The Morgan fingerprint density at radius 1 is 0.857 bits per heavy atom. The second-order valence-electron chi connectivity index (χ2n) is 6.96. The first-order valence-electron chi connectivity index (χ1n) is 9.97. The molecule has 1 heterocycles. The highest BCUT2D eigenvalue weighted by Crippen LogP contribution is 2.31. The molecule has 14 heteroatoms. The number of rotatable bonds is 9. The largest absolute Gasteiger partial charge is 0.454 e. The van der Waals surface area contributed by atoms with E-state index in [9.17, 15) is 31.1 Å². The second kappa shape index (κ2) is 10.9. The van der Waals surface area contributed by atoms with E-state index in [0.717, 1.165) is 18.2 Å². The van der Waals surface area contributed by atoms with Crippen LogP contribution in [0.3, 0.4) is 0 Å². The van der Waals surface area contributed by atoms with Crippen molar-refractivity contribution in [2.75, 3.05) is 29.1 Å². The van der Waals surface area contributed by atoms with Crippen molar-refractivity contribution in [3.05, 3.63) is 60.2 Å². The van der Waals surface area contributed by atoms with Gasteiger partial charge >= 0.3 is 18.4 Å². The zero-order chi connectivity index (χ0) is 25.5. The summed E-state index contributed by atoms with van der Waals surface area (Å²) in [6.45, 7) is -1.71. The predicted molar refractivity (Wildman–Crippen MR) is 114 cm³/mol. The van der Waals surface area contributed by atoms with Gasteiger partial charge in [0, 0.05) is 24.3 Å². The number of para-hydroxylation sites is 1. The summed E-state index contributed by atoms with van der Waals surface area (Å²) in [5, 5.41) is 7.79. The Morgan fingerprint density at radius 3 is 2.23 bits per heavy atom. The molecule has 0 bridgehead atoms. The number of anilines is 4. The number of nitrogens with zero attached hydrogens (tertiary/aromatic N) is 3. The van der Waals surface area contributed by atoms with Crippen molar-refractivity contribution in [3.8, 4) is 6.01 Å². The van der Waals surface area contributed by atoms with E-state index < -0.39 is 30.5 Å². The van der Waals surface area contributed by atoms with E-state index in [1.165, 1.54) is 6.07 Å². The lowest BCUT2D eigenvalue weighted by atomic mass is 10.2. The maximum atomic E-state index is 13.0. The molecule has 0 saturated heterocycles. The number of hydrogen-bond acceptors (Lipinski definition) is 7. The van der Waals surface area contributed by atoms with Crippen molar-refractivity contribution in [2.45, 2.75) is 18.8 Å². The lowest BCUT2D eigenvalue weighted by Gasteiger charge is -2.13. The van der Waals surface area contributed by atoms with Crippen LogP contribution in [0.1, 0.15) is 12.0 Å². The van der Waals surface area contributed by atoms with Gasteiger partial charge in [-0.3, -0.25) is 4.79 Å². The average Bonchev–Trinajstić information content (AvgIpc) is 2.77. The minimum atomic E-state index is -4.68. The van der Waals surface area contributed by atoms with Gasteiger partial charge in [-0.05, 0) is 30.3 Å². The van der Waals surface area contributed by atoms with E-state index >= 15 is 0 Å². The fourth-order valence-corrected chi connectivity index (χ4v) is 2.64. The Balaban J connectivity index is 1.71. The Morgan fingerprint density at radius 2 is 1.54 bits per heavy atom. The number of amides is 1. The van der Waals surface area contributed by atoms with Crippen molar-refractivity contribution in [2.24, 2.45) is 0 Å². The Hall–Kier alpha value is -4.10. The van der Waals surface area contributed by atoms with Gasteiger partial charge < -0.3 is 20.7 Å². The van der Waals surface area contributed by atoms with Crippen LogP contribution in [-0.4, -0.2) is 40.2 Å². The van der Waals surface area contributed by atoms with Gasteiger partial charge in [0.2, 0.25) is 17.8 Å². The van der Waals surface area contributed by atoms with Gasteiger partial charge in [-0.15, -0.1) is 0 Å². The summed E-state index contributed by atoms with van der Waals surface area (Å²) < 4.78 is 81.0. The third kappa shape index (κ3) is 8.64. The van der Waals surface area contributed by atoms with E-state index in [-0.39, 0.29) is 36.5 Å². The standard InChI is InChI=1S/C21H18F6N6O2/c22-20(23,24)12-35-19-32-17(28-10-9-16(34)29-14-6-2-1-3-7-14)31-18(33-19)30-15-8-4-5-13(11-15)21(25,26)27/h1-8,11H,9-10,12H2,(H,29,34)(H2,28,30,31,32,33). The summed E-state index contributed by atoms with van der Waals surface area (Å²) >= 11 is 0. The molecule has 0 fully saturated rings. The van der Waals surface area contributed by atoms with Crippen LogP contribution in [0, 0.1) is 0 Å². The zero-order valence-electron chi connectivity index (χ0n) is 17.7. The van der Waals surface area contributed by atoms with Gasteiger partial charge in [-0.25, -0.2) is 0 Å². The van der Waals surface area contributed by atoms with Gasteiger partial charge in [0.1, 0.15) is 0 Å². The van der Waals surface area contributed by atoms with Gasteiger partial charge in [0.05, 0.1) is 5.56 Å². The predicted octanol–water partition coefficient (Wildman–Crippen LogP) is 5.02. The van der Waals surface area contributed by atoms with Crippen molar-refractivity contribution in [1.82, 2.24) is 15.0 Å². The van der Waals surface area contributed by atoms with Crippen LogP contribution in [-0.2, 0) is 11.0 Å². The molecule has 1 amide bonds. The van der Waals surface area contributed by atoms with Gasteiger partial charge in [-0.1, -0.05) is 24.3 Å². The maximum Gasteiger partial charge on any atom is 0.422 e. The zero-order valence-corrected chi connectivity index (χ0v) is 17.7. The van der Waals surface area contributed by atoms with Crippen LogP contribution in [0.4, 0.5) is 49.6 Å². The minimum absolute atomic E-state index is 0.00953. The second-order valence-corrected chi connectivity index (χ2v) is 6.96. The number of hydrogen-bond donors (Lipinski definition) is 3. The molecule has 35 heavy (non-hydrogen) atoms. The molecule has 0 atom stereocenters. The summed E-state index contributed by atoms with van der Waals surface area (Å²) in [4.78, 5) is 23.3. The van der Waals surface area contributed by atoms with Crippen LogP contribution < -0.4 is 20.7 Å². The monoisotopic (exact) mass is 500 g/mol. The maximum absolute atomic E-state index is 13.0. The number of carbonyl (C=O) groups is 1. The molecule has 0 unspecified atom stereocenters. The number of nitrogens with one attached hydrogen (secondary N) is 3. The van der Waals surface area contributed by atoms with Gasteiger partial charge in [-0.2, -0.15) is 41.3 Å². The Kier molecular flexibility index (Phi) is 7.94. The van der Waals surface area contributed by atoms with Crippen molar-refractivity contribution in [3.63, 3.8) is 0 Å². The quantitative estimate of drug-likeness (QED) is 0.355. The molecule has 0 aliphatic heterocycles. The molecule has 8 nitrogen and oxygen atoms in total. The number of alkyl halides is 6. The molecule has 0 aliphatic carbocycles. The highest BCUT2D eigenvalue weighted by molar-refractivity contribution is 5.90. The summed E-state index contributed by atoms with van der Waals surface area (Å²) in [7, 11) is 0. The van der Waals surface area contributed by atoms with E-state index in [1.54, 1.807) is 30.3 Å². The van der Waals surface area contributed by atoms with Crippen LogP contribution in [0.25, 0.3) is 0 Å². The molecule has 3 rings (SSSR count). The summed E-state index contributed by atoms with van der Waals surface area (Å²) in [5.74, 6) is -0.972. The third-order valence-corrected chi connectivity index (χ3v) is 4.12. The van der Waals surface area contributed by atoms with Crippen LogP contribution >= 0.6 is 0 Å². The molecule has 0 aliphatic rings. The number of benzene rings is 2. The fraction of sp³-hybridized carbons (Fsp3) is 0.238. The molecular formula is C21H18F6N6O2. The number of aromatic nitrogens is 3. The first-order valence-corrected chi connectivity index (χ1v) is 9.97. The molecular weight excluding hydrogens is 482 g/mol. The first kappa shape index (κ1) is 25.5. The molecule has 0 spiro atoms. The minimum Gasteiger partial charge on any atom is -0.454 e. The lowest BCUT2D eigenvalue weighted by Crippen LogP contribution is -2.21. The molecule has 0 radical (unpaired) electrons. The number of halogens is 6. The van der Waals surface area contributed by atoms with Gasteiger partial charge in [0.15, 0.2) is 6.61 Å². The molecule has 3 aromatic rings. The first-order chi connectivity index (χ1) is 16.5. The van der Waals surface area contributed by atoms with Crippen LogP contribution in [0.2, 0.25) is 0 Å². The highest BCUT2D eigenvalue weighted by Gasteiger charge is 2.31. The van der Waals surface area contributed by atoms with Crippen LogP contribution in [0.15, 0.2) is 54.6 Å².